The van der Waals surface area contributed by atoms with Crippen molar-refractivity contribution in [1.82, 2.24) is 43.6 Å². The van der Waals surface area contributed by atoms with Gasteiger partial charge in [-0.15, -0.1) is 0 Å². The Labute approximate surface area is 416 Å². The van der Waals surface area contributed by atoms with Gasteiger partial charge < -0.3 is 75.2 Å². The maximum absolute atomic E-state index is 13.7. The normalized spacial score (nSPS) is 30.4. The molecule has 38 nitrogen and oxygen atoms in total. The number of rotatable bonds is 22. The van der Waals surface area contributed by atoms with Crippen molar-refractivity contribution in [3.8, 4) is 0 Å². The van der Waals surface area contributed by atoms with Crippen LogP contribution in [0.2, 0.25) is 0 Å². The van der Waals surface area contributed by atoms with E-state index in [0.29, 0.717) is 0 Å². The molecule has 0 radical (unpaired) electrons. The number of ether oxygens (including phenoxy) is 5. The molecule has 414 valence electrons. The number of aryl methyl sites for hydroxylation is 1. The van der Waals surface area contributed by atoms with E-state index < -0.39 is 142 Å². The minimum absolute atomic E-state index is 0.0155. The number of fused-ring (bicyclic) bond motifs is 2. The summed E-state index contributed by atoms with van der Waals surface area (Å²) >= 11 is 0. The largest absolute Gasteiger partial charge is 0.490 e. The SMILES string of the molecule is COCCOC1C(OP(=O)(O)OC[C@H]2O[C@@H](n3ccc(=O)[nH]c3=O)C(O)C2O)[C@@H](COP(=O)(O)OP(=O)(O)OP(=O)(O)OC[C@H]2O[C@@H]([n+]3cn(C)c4c(=O)[nH]c(N)nc43)C(O)C2O)O[C@H]1n1cnc2c(N)ncnc21. The quantitative estimate of drug-likeness (QED) is 0.0176. The molecule has 0 amide bonds. The number of nitrogen functional groups attached to an aromatic ring is 2. The molecule has 0 saturated carbocycles. The fourth-order valence-corrected chi connectivity index (χ4v) is 12.5. The Morgan fingerprint density at radius 3 is 2.04 bits per heavy atom. The van der Waals surface area contributed by atoms with Gasteiger partial charge in [-0.1, -0.05) is 4.98 Å². The van der Waals surface area contributed by atoms with Crippen LogP contribution >= 0.6 is 31.3 Å². The highest BCUT2D eigenvalue weighted by atomic mass is 31.3. The van der Waals surface area contributed by atoms with Crippen molar-refractivity contribution in [3.63, 3.8) is 0 Å². The van der Waals surface area contributed by atoms with Crippen LogP contribution in [0.25, 0.3) is 22.3 Å². The summed E-state index contributed by atoms with van der Waals surface area (Å²) in [6.45, 7) is -3.91. The number of aromatic nitrogens is 10. The second kappa shape index (κ2) is 22.0. The molecule has 42 heteroatoms. The molecule has 0 aromatic carbocycles. The monoisotopic (exact) mass is 1150 g/mol. The van der Waals surface area contributed by atoms with Crippen LogP contribution in [0.1, 0.15) is 18.7 Å². The van der Waals surface area contributed by atoms with Crippen LogP contribution in [0.4, 0.5) is 11.8 Å². The predicted molar refractivity (Wildman–Crippen MR) is 239 cm³/mol. The summed E-state index contributed by atoms with van der Waals surface area (Å²) in [5.74, 6) is -0.420. The van der Waals surface area contributed by atoms with Gasteiger partial charge in [-0.05, 0) is 0 Å². The number of aromatic amines is 2. The number of aliphatic hydroxyl groups excluding tert-OH is 4. The number of methoxy groups -OCH3 is 1. The molecule has 8 heterocycles. The summed E-state index contributed by atoms with van der Waals surface area (Å²) < 4.78 is 114. The first-order valence-electron chi connectivity index (χ1n) is 21.3. The minimum Gasteiger partial charge on any atom is -0.387 e. The lowest BCUT2D eigenvalue weighted by Gasteiger charge is -2.27. The Bertz CT molecular complexity index is 3280. The van der Waals surface area contributed by atoms with E-state index in [9.17, 15) is 72.6 Å². The third-order valence-corrected chi connectivity index (χ3v) is 16.5. The van der Waals surface area contributed by atoms with E-state index in [1.807, 2.05) is 4.98 Å². The lowest BCUT2D eigenvalue weighted by Crippen LogP contribution is -2.46. The zero-order valence-corrected chi connectivity index (χ0v) is 41.9. The summed E-state index contributed by atoms with van der Waals surface area (Å²) in [6.07, 6.45) is -16.5. The molecule has 10 unspecified atom stereocenters. The Morgan fingerprint density at radius 2 is 1.37 bits per heavy atom. The molecule has 75 heavy (non-hydrogen) atoms. The number of H-pyrrole nitrogens is 2. The number of hydrogen-bond acceptors (Lipinski definition) is 28. The van der Waals surface area contributed by atoms with Crippen LogP contribution in [-0.4, -0.2) is 179 Å². The number of imidazole rings is 2. The van der Waals surface area contributed by atoms with E-state index in [4.69, 9.17) is 53.2 Å². The summed E-state index contributed by atoms with van der Waals surface area (Å²) in [7, 11) is -20.8. The number of nitrogens with zero attached hydrogens (tertiary/aromatic N) is 8. The molecular weight excluding hydrogens is 1100 g/mol. The molecule has 3 aliphatic rings. The van der Waals surface area contributed by atoms with Gasteiger partial charge in [0.05, 0.1) is 46.4 Å². The fraction of sp³-hybridized carbons (Fsp3) is 0.576. The summed E-state index contributed by atoms with van der Waals surface area (Å²) in [6, 6.07) is 0.919. The number of phosphoric acid groups is 4. The smallest absolute Gasteiger partial charge is 0.387 e. The summed E-state index contributed by atoms with van der Waals surface area (Å²) in [5.41, 5.74) is 8.99. The van der Waals surface area contributed by atoms with Gasteiger partial charge in [0.15, 0.2) is 30.2 Å². The van der Waals surface area contributed by atoms with E-state index in [1.165, 1.54) is 29.6 Å². The van der Waals surface area contributed by atoms with Crippen molar-refractivity contribution in [2.24, 2.45) is 7.05 Å². The number of hydrogen-bond donors (Lipinski definition) is 12. The Kier molecular flexibility index (Phi) is 16.6. The highest BCUT2D eigenvalue weighted by Crippen LogP contribution is 2.68. The Morgan fingerprint density at radius 1 is 0.747 bits per heavy atom. The number of aliphatic hydroxyl groups is 4. The molecule has 5 aromatic heterocycles. The lowest BCUT2D eigenvalue weighted by atomic mass is 10.1. The van der Waals surface area contributed by atoms with Crippen LogP contribution < -0.4 is 32.8 Å². The average Bonchev–Trinajstić information content (AvgIpc) is 4.11. The molecule has 14 N–H and O–H groups in total. The van der Waals surface area contributed by atoms with E-state index in [0.717, 1.165) is 34.1 Å². The molecule has 0 spiro atoms. The highest BCUT2D eigenvalue weighted by molar-refractivity contribution is 7.66. The molecule has 3 aliphatic heterocycles. The number of phosphoric ester groups is 3. The van der Waals surface area contributed by atoms with Gasteiger partial charge in [-0.3, -0.25) is 51.4 Å². The van der Waals surface area contributed by atoms with Crippen molar-refractivity contribution >= 4 is 65.4 Å². The Hall–Kier alpha value is -4.66. The maximum Gasteiger partial charge on any atom is 0.490 e. The van der Waals surface area contributed by atoms with Crippen LogP contribution in [0.15, 0.2) is 45.6 Å². The summed E-state index contributed by atoms with van der Waals surface area (Å²) in [4.78, 5) is 99.2. The van der Waals surface area contributed by atoms with Crippen molar-refractivity contribution < 1.29 is 113 Å². The van der Waals surface area contributed by atoms with Gasteiger partial charge in [0.25, 0.3) is 17.1 Å². The molecule has 5 aromatic rings. The van der Waals surface area contributed by atoms with E-state index in [1.54, 1.807) is 0 Å². The fourth-order valence-electron chi connectivity index (χ4n) is 7.98. The summed E-state index contributed by atoms with van der Waals surface area (Å²) in [5, 5.41) is 42.8. The van der Waals surface area contributed by atoms with Gasteiger partial charge in [0.2, 0.25) is 11.7 Å². The first-order chi connectivity index (χ1) is 35.2. The number of anilines is 2. The highest BCUT2D eigenvalue weighted by Gasteiger charge is 2.54. The van der Waals surface area contributed by atoms with Crippen LogP contribution in [-0.2, 0) is 75.7 Å². The van der Waals surface area contributed by atoms with Crippen molar-refractivity contribution in [2.75, 3.05) is 51.6 Å². The minimum atomic E-state index is -6.23. The zero-order valence-electron chi connectivity index (χ0n) is 38.3. The van der Waals surface area contributed by atoms with Crippen LogP contribution in [0.3, 0.4) is 0 Å². The standard InChI is InChI=1S/C33H46N12O26P4/c1-42-12-45(27-18(42)28(51)41-32(35)40-27)30-22(50)20(48)14(67-30)8-64-73(55,56)70-75(59,60)71-74(57,58)65-9-15-23(24(62-6-5-61-2)31(68-15)44-11-38-17-25(34)36-10-37-26(17)44)69-72(53,54)63-7-13-19(47)21(49)29(66-13)43-4-3-16(46)39-33(43)52/h3-4,10-15,19-24,29-31,47-50H,5-9H2,1-2H3,(H9-,34,35,36,37,39,40,41,46,51,52,53,54,55,56,57,58,59,60)/p+1/t13-,14-,15-,19?,20?,21?,22?,23?,24?,29-,30-,31-/m1/s1. The second-order valence-corrected chi connectivity index (χ2v) is 22.4. The molecule has 3 fully saturated rings. The number of nitrogens with two attached hydrogens (primary N) is 2. The van der Waals surface area contributed by atoms with E-state index in [2.05, 4.69) is 33.5 Å². The van der Waals surface area contributed by atoms with Crippen LogP contribution in [0, 0.1) is 0 Å². The molecule has 0 bridgehead atoms. The molecular formula is C33H47N12O26P4+. The van der Waals surface area contributed by atoms with E-state index in [-0.39, 0.29) is 47.3 Å². The molecule has 16 atom stereocenters. The predicted octanol–water partition coefficient (Wildman–Crippen LogP) is -4.86. The first kappa shape index (κ1) is 56.5. The van der Waals surface area contributed by atoms with Gasteiger partial charge in [-0.25, -0.2) is 42.6 Å². The van der Waals surface area contributed by atoms with Gasteiger partial charge in [0, 0.05) is 19.4 Å². The second-order valence-electron chi connectivity index (χ2n) is 16.3. The Balaban J connectivity index is 0.956. The topological polar surface area (TPSA) is 537 Å². The molecule has 0 aliphatic carbocycles. The number of nitrogens with one attached hydrogen (secondary N) is 2. The zero-order chi connectivity index (χ0) is 54.5. The molecule has 8 rings (SSSR count). The first-order valence-corrected chi connectivity index (χ1v) is 27.3. The third-order valence-electron chi connectivity index (χ3n) is 11.3. The van der Waals surface area contributed by atoms with Crippen LogP contribution in [0.5, 0.6) is 0 Å². The van der Waals surface area contributed by atoms with Gasteiger partial charge in [0.1, 0.15) is 66.8 Å². The lowest BCUT2D eigenvalue weighted by molar-refractivity contribution is -0.745. The third kappa shape index (κ3) is 12.4. The van der Waals surface area contributed by atoms with E-state index >= 15 is 0 Å². The van der Waals surface area contributed by atoms with Crippen molar-refractivity contribution in [2.45, 2.75) is 73.6 Å². The van der Waals surface area contributed by atoms with Gasteiger partial charge >= 0.3 is 42.6 Å². The average molecular weight is 1150 g/mol. The van der Waals surface area contributed by atoms with Gasteiger partial charge in [-0.2, -0.15) is 8.62 Å². The van der Waals surface area contributed by atoms with Crippen molar-refractivity contribution in [3.05, 3.63) is 62.4 Å². The van der Waals surface area contributed by atoms with Crippen molar-refractivity contribution in [1.29, 1.82) is 0 Å². The maximum atomic E-state index is 13.7. The molecule has 3 saturated heterocycles.